The van der Waals surface area contributed by atoms with Crippen LogP contribution in [0.3, 0.4) is 0 Å². The zero-order chi connectivity index (χ0) is 15.1. The Morgan fingerprint density at radius 2 is 1.90 bits per heavy atom. The van der Waals surface area contributed by atoms with Crippen molar-refractivity contribution < 1.29 is 4.79 Å². The normalized spacial score (nSPS) is 10.2. The van der Waals surface area contributed by atoms with Gasteiger partial charge in [-0.05, 0) is 42.7 Å². The number of nitrogens with one attached hydrogen (secondary N) is 2. The van der Waals surface area contributed by atoms with Crippen molar-refractivity contribution in [3.05, 3.63) is 53.7 Å². The number of hydrogen-bond donors (Lipinski definition) is 2. The van der Waals surface area contributed by atoms with Gasteiger partial charge in [-0.2, -0.15) is 0 Å². The van der Waals surface area contributed by atoms with E-state index in [-0.39, 0.29) is 5.91 Å². The Balaban J connectivity index is 2.01. The van der Waals surface area contributed by atoms with Gasteiger partial charge in [0.25, 0.3) is 5.91 Å². The molecular formula is C17H21N3O. The molecule has 0 saturated heterocycles. The highest BCUT2D eigenvalue weighted by molar-refractivity contribution is 6.03. The summed E-state index contributed by atoms with van der Waals surface area (Å²) in [5.41, 5.74) is 2.49. The van der Waals surface area contributed by atoms with Gasteiger partial charge >= 0.3 is 0 Å². The van der Waals surface area contributed by atoms with Crippen LogP contribution in [0.4, 0.5) is 11.5 Å². The number of hydrogen-bond acceptors (Lipinski definition) is 3. The van der Waals surface area contributed by atoms with Crippen LogP contribution in [0.5, 0.6) is 0 Å². The molecule has 21 heavy (non-hydrogen) atoms. The van der Waals surface area contributed by atoms with E-state index >= 15 is 0 Å². The summed E-state index contributed by atoms with van der Waals surface area (Å²) in [5.74, 6) is 0.478. The number of anilines is 2. The number of aromatic nitrogens is 1. The number of amides is 1. The molecule has 0 unspecified atom stereocenters. The number of pyridine rings is 1. The monoisotopic (exact) mass is 283 g/mol. The van der Waals surface area contributed by atoms with Crippen LogP contribution in [0.2, 0.25) is 0 Å². The van der Waals surface area contributed by atoms with Gasteiger partial charge in [0.05, 0.1) is 0 Å². The van der Waals surface area contributed by atoms with Gasteiger partial charge in [-0.25, -0.2) is 4.98 Å². The van der Waals surface area contributed by atoms with E-state index in [0.717, 1.165) is 12.1 Å². The van der Waals surface area contributed by atoms with Crippen LogP contribution in [0.15, 0.2) is 42.5 Å². The molecule has 4 heteroatoms. The fourth-order valence-electron chi connectivity index (χ4n) is 2.03. The number of unbranched alkanes of at least 4 members (excludes halogenated alkanes) is 1. The molecular weight excluding hydrogens is 262 g/mol. The van der Waals surface area contributed by atoms with E-state index in [4.69, 9.17) is 0 Å². The van der Waals surface area contributed by atoms with E-state index in [0.29, 0.717) is 11.5 Å². The smallest absolute Gasteiger partial charge is 0.274 e. The number of benzene rings is 1. The Morgan fingerprint density at radius 1 is 1.14 bits per heavy atom. The van der Waals surface area contributed by atoms with Crippen molar-refractivity contribution in [1.29, 1.82) is 0 Å². The Kier molecular flexibility index (Phi) is 5.32. The largest absolute Gasteiger partial charge is 0.373 e. The number of aryl methyl sites for hydroxylation is 1. The average molecular weight is 283 g/mol. The summed E-state index contributed by atoms with van der Waals surface area (Å²) in [6.07, 6.45) is 3.45. The number of rotatable bonds is 6. The van der Waals surface area contributed by atoms with Gasteiger partial charge in [-0.15, -0.1) is 0 Å². The first-order chi connectivity index (χ1) is 10.2. The lowest BCUT2D eigenvalue weighted by Gasteiger charge is -2.07. The zero-order valence-electron chi connectivity index (χ0n) is 12.5. The molecule has 4 nitrogen and oxygen atoms in total. The SMILES string of the molecule is CCCCc1ccc(NC(=O)c2cccc(NC)n2)cc1. The maximum Gasteiger partial charge on any atom is 0.274 e. The van der Waals surface area contributed by atoms with Crippen molar-refractivity contribution in [3.8, 4) is 0 Å². The van der Waals surface area contributed by atoms with E-state index in [1.807, 2.05) is 24.3 Å². The third kappa shape index (κ3) is 4.31. The molecule has 0 fully saturated rings. The van der Waals surface area contributed by atoms with Gasteiger partial charge in [0.15, 0.2) is 0 Å². The van der Waals surface area contributed by atoms with Gasteiger partial charge < -0.3 is 10.6 Å². The predicted molar refractivity (Wildman–Crippen MR) is 86.8 cm³/mol. The summed E-state index contributed by atoms with van der Waals surface area (Å²) < 4.78 is 0. The quantitative estimate of drug-likeness (QED) is 0.849. The standard InChI is InChI=1S/C17H21N3O/c1-3-4-6-13-9-11-14(12-10-13)19-17(21)15-7-5-8-16(18-2)20-15/h5,7-12H,3-4,6H2,1-2H3,(H,18,20)(H,19,21). The van der Waals surface area contributed by atoms with Gasteiger partial charge in [0.1, 0.15) is 11.5 Å². The molecule has 1 amide bonds. The summed E-state index contributed by atoms with van der Waals surface area (Å²) in [5, 5.41) is 5.79. The number of carbonyl (C=O) groups excluding carboxylic acids is 1. The molecule has 1 heterocycles. The first-order valence-electron chi connectivity index (χ1n) is 7.28. The molecule has 0 saturated carbocycles. The van der Waals surface area contributed by atoms with Gasteiger partial charge in [0, 0.05) is 12.7 Å². The molecule has 0 atom stereocenters. The van der Waals surface area contributed by atoms with Gasteiger partial charge in [-0.3, -0.25) is 4.79 Å². The first-order valence-corrected chi connectivity index (χ1v) is 7.28. The summed E-state index contributed by atoms with van der Waals surface area (Å²) in [4.78, 5) is 16.4. The third-order valence-electron chi connectivity index (χ3n) is 3.27. The highest BCUT2D eigenvalue weighted by atomic mass is 16.1. The van der Waals surface area contributed by atoms with E-state index in [1.54, 1.807) is 13.1 Å². The molecule has 2 rings (SSSR count). The Labute approximate surface area is 125 Å². The number of carbonyl (C=O) groups is 1. The van der Waals surface area contributed by atoms with Gasteiger partial charge in [0.2, 0.25) is 0 Å². The fourth-order valence-corrected chi connectivity index (χ4v) is 2.03. The van der Waals surface area contributed by atoms with E-state index in [9.17, 15) is 4.79 Å². The van der Waals surface area contributed by atoms with Crippen LogP contribution in [0.1, 0.15) is 35.8 Å². The summed E-state index contributed by atoms with van der Waals surface area (Å²) in [7, 11) is 1.78. The molecule has 1 aromatic heterocycles. The summed E-state index contributed by atoms with van der Waals surface area (Å²) in [6.45, 7) is 2.18. The minimum absolute atomic E-state index is 0.201. The maximum absolute atomic E-state index is 12.1. The molecule has 2 N–H and O–H groups in total. The highest BCUT2D eigenvalue weighted by Gasteiger charge is 2.08. The van der Waals surface area contributed by atoms with Crippen LogP contribution in [0.25, 0.3) is 0 Å². The molecule has 0 aliphatic heterocycles. The van der Waals surface area contributed by atoms with Crippen molar-refractivity contribution in [2.45, 2.75) is 26.2 Å². The van der Waals surface area contributed by atoms with Crippen LogP contribution >= 0.6 is 0 Å². The van der Waals surface area contributed by atoms with Crippen LogP contribution in [-0.4, -0.2) is 17.9 Å². The minimum atomic E-state index is -0.201. The lowest BCUT2D eigenvalue weighted by Crippen LogP contribution is -2.14. The molecule has 2 aromatic rings. The van der Waals surface area contributed by atoms with Crippen LogP contribution < -0.4 is 10.6 Å². The highest BCUT2D eigenvalue weighted by Crippen LogP contribution is 2.13. The third-order valence-corrected chi connectivity index (χ3v) is 3.27. The Bertz CT molecular complexity index is 593. The van der Waals surface area contributed by atoms with Gasteiger partial charge in [-0.1, -0.05) is 31.5 Å². The second-order valence-electron chi connectivity index (χ2n) is 4.91. The van der Waals surface area contributed by atoms with E-state index in [1.165, 1.54) is 18.4 Å². The predicted octanol–water partition coefficient (Wildman–Crippen LogP) is 3.72. The van der Waals surface area contributed by atoms with Crippen LogP contribution in [0, 0.1) is 0 Å². The van der Waals surface area contributed by atoms with Crippen molar-refractivity contribution in [2.75, 3.05) is 17.7 Å². The molecule has 0 bridgehead atoms. The second kappa shape index (κ2) is 7.43. The molecule has 0 aliphatic rings. The molecule has 0 spiro atoms. The first kappa shape index (κ1) is 15.0. The van der Waals surface area contributed by atoms with Crippen molar-refractivity contribution in [2.24, 2.45) is 0 Å². The lowest BCUT2D eigenvalue weighted by molar-refractivity contribution is 0.102. The average Bonchev–Trinajstić information content (AvgIpc) is 2.54. The van der Waals surface area contributed by atoms with E-state index in [2.05, 4.69) is 34.7 Å². The second-order valence-corrected chi connectivity index (χ2v) is 4.91. The lowest BCUT2D eigenvalue weighted by atomic mass is 10.1. The number of nitrogens with zero attached hydrogens (tertiary/aromatic N) is 1. The Hall–Kier alpha value is -2.36. The zero-order valence-corrected chi connectivity index (χ0v) is 12.5. The van der Waals surface area contributed by atoms with E-state index < -0.39 is 0 Å². The minimum Gasteiger partial charge on any atom is -0.373 e. The fraction of sp³-hybridized carbons (Fsp3) is 0.294. The van der Waals surface area contributed by atoms with Crippen molar-refractivity contribution in [3.63, 3.8) is 0 Å². The van der Waals surface area contributed by atoms with Crippen molar-refractivity contribution in [1.82, 2.24) is 4.98 Å². The summed E-state index contributed by atoms with van der Waals surface area (Å²) in [6, 6.07) is 13.3. The maximum atomic E-state index is 12.1. The topological polar surface area (TPSA) is 54.0 Å². The van der Waals surface area contributed by atoms with Crippen LogP contribution in [-0.2, 0) is 6.42 Å². The van der Waals surface area contributed by atoms with Crippen molar-refractivity contribution >= 4 is 17.4 Å². The summed E-state index contributed by atoms with van der Waals surface area (Å²) >= 11 is 0. The molecule has 0 aliphatic carbocycles. The molecule has 1 aromatic carbocycles. The molecule has 110 valence electrons. The Morgan fingerprint density at radius 3 is 2.57 bits per heavy atom. The molecule has 0 radical (unpaired) electrons.